The molecule has 0 heterocycles. The molecule has 1 saturated carbocycles. The first-order chi connectivity index (χ1) is 8.70. The quantitative estimate of drug-likeness (QED) is 0.432. The Labute approximate surface area is 107 Å². The monoisotopic (exact) mass is 247 g/mol. The first-order valence-corrected chi connectivity index (χ1v) is 6.14. The molecule has 1 aliphatic carbocycles. The van der Waals surface area contributed by atoms with Crippen LogP contribution < -0.4 is 0 Å². The molecule has 2 atom stereocenters. The number of unbranched alkanes of at least 4 members (excludes halogenated alkanes) is 2. The van der Waals surface area contributed by atoms with Gasteiger partial charge in [-0.15, -0.1) is 11.8 Å². The van der Waals surface area contributed by atoms with Gasteiger partial charge in [0.25, 0.3) is 0 Å². The van der Waals surface area contributed by atoms with E-state index in [-0.39, 0.29) is 23.6 Å². The number of nitriles is 1. The average Bonchev–Trinajstić information content (AvgIpc) is 2.74. The Morgan fingerprint density at radius 3 is 2.89 bits per heavy atom. The zero-order valence-electron chi connectivity index (χ0n) is 10.6. The van der Waals surface area contributed by atoms with Crippen LogP contribution >= 0.6 is 0 Å². The first-order valence-electron chi connectivity index (χ1n) is 6.14. The van der Waals surface area contributed by atoms with E-state index in [1.807, 2.05) is 0 Å². The Hall–Kier alpha value is -1.81. The van der Waals surface area contributed by atoms with Gasteiger partial charge in [0.1, 0.15) is 5.78 Å². The minimum Gasteiger partial charge on any atom is -0.469 e. The Morgan fingerprint density at radius 2 is 2.22 bits per heavy atom. The Bertz CT molecular complexity index is 411. The van der Waals surface area contributed by atoms with E-state index < -0.39 is 0 Å². The van der Waals surface area contributed by atoms with Crippen molar-refractivity contribution < 1.29 is 14.3 Å². The van der Waals surface area contributed by atoms with Gasteiger partial charge in [0.15, 0.2) is 0 Å². The zero-order chi connectivity index (χ0) is 13.4. The first kappa shape index (κ1) is 14.3. The van der Waals surface area contributed by atoms with Crippen LogP contribution in [0.2, 0.25) is 0 Å². The molecule has 4 nitrogen and oxygen atoms in total. The third-order valence-electron chi connectivity index (χ3n) is 3.14. The predicted octanol–water partition coefficient (Wildman–Crippen LogP) is 1.84. The van der Waals surface area contributed by atoms with Crippen molar-refractivity contribution in [2.75, 3.05) is 7.11 Å². The van der Waals surface area contributed by atoms with Gasteiger partial charge in [-0.2, -0.15) is 5.26 Å². The molecule has 0 spiro atoms. The van der Waals surface area contributed by atoms with Crippen LogP contribution in [0.5, 0.6) is 0 Å². The number of Topliss-reactive ketones (excluding diaryl/α,β-unsaturated/α-hetero) is 1. The van der Waals surface area contributed by atoms with Crippen LogP contribution in [-0.4, -0.2) is 18.9 Å². The van der Waals surface area contributed by atoms with Gasteiger partial charge in [0.05, 0.1) is 19.1 Å². The maximum Gasteiger partial charge on any atom is 0.309 e. The average molecular weight is 247 g/mol. The van der Waals surface area contributed by atoms with E-state index in [1.165, 1.54) is 7.11 Å². The summed E-state index contributed by atoms with van der Waals surface area (Å²) in [6, 6.07) is 2.05. The molecule has 0 aromatic carbocycles. The Kier molecular flexibility index (Phi) is 5.94. The van der Waals surface area contributed by atoms with Crippen LogP contribution in [0.3, 0.4) is 0 Å². The number of esters is 1. The number of ether oxygens (including phenoxy) is 1. The molecule has 0 aliphatic heterocycles. The fourth-order valence-electron chi connectivity index (χ4n) is 2.12. The maximum absolute atomic E-state index is 11.7. The number of hydrogen-bond donors (Lipinski definition) is 0. The van der Waals surface area contributed by atoms with Crippen LogP contribution in [-0.2, 0) is 14.3 Å². The van der Waals surface area contributed by atoms with Gasteiger partial charge in [-0.25, -0.2) is 0 Å². The SMILES string of the molecule is COC(=O)C1CCC(=O)C1CC#CCCCC#N. The smallest absolute Gasteiger partial charge is 0.309 e. The summed E-state index contributed by atoms with van der Waals surface area (Å²) in [4.78, 5) is 23.1. The van der Waals surface area contributed by atoms with E-state index in [2.05, 4.69) is 17.9 Å². The van der Waals surface area contributed by atoms with Crippen molar-refractivity contribution in [1.29, 1.82) is 5.26 Å². The lowest BCUT2D eigenvalue weighted by Gasteiger charge is -2.12. The van der Waals surface area contributed by atoms with Crippen molar-refractivity contribution in [3.8, 4) is 17.9 Å². The normalized spacial score (nSPS) is 21.9. The zero-order valence-corrected chi connectivity index (χ0v) is 10.6. The Balaban J connectivity index is 2.45. The molecule has 0 saturated heterocycles. The third kappa shape index (κ3) is 3.89. The summed E-state index contributed by atoms with van der Waals surface area (Å²) < 4.78 is 4.70. The van der Waals surface area contributed by atoms with E-state index in [4.69, 9.17) is 10.00 Å². The molecular weight excluding hydrogens is 230 g/mol. The molecule has 18 heavy (non-hydrogen) atoms. The van der Waals surface area contributed by atoms with Crippen molar-refractivity contribution in [2.45, 2.75) is 38.5 Å². The van der Waals surface area contributed by atoms with Crippen LogP contribution in [0.25, 0.3) is 0 Å². The highest BCUT2D eigenvalue weighted by atomic mass is 16.5. The third-order valence-corrected chi connectivity index (χ3v) is 3.14. The molecule has 0 amide bonds. The maximum atomic E-state index is 11.7. The number of carbonyl (C=O) groups is 2. The molecule has 0 bridgehead atoms. The van der Waals surface area contributed by atoms with Gasteiger partial charge < -0.3 is 4.74 Å². The van der Waals surface area contributed by atoms with Crippen LogP contribution in [0.4, 0.5) is 0 Å². The van der Waals surface area contributed by atoms with Gasteiger partial charge in [-0.05, 0) is 12.8 Å². The summed E-state index contributed by atoms with van der Waals surface area (Å²) in [6.45, 7) is 0. The highest BCUT2D eigenvalue weighted by molar-refractivity contribution is 5.90. The lowest BCUT2D eigenvalue weighted by atomic mass is 9.92. The van der Waals surface area contributed by atoms with Gasteiger partial charge in [-0.1, -0.05) is 0 Å². The molecule has 1 rings (SSSR count). The highest BCUT2D eigenvalue weighted by Crippen LogP contribution is 2.31. The lowest BCUT2D eigenvalue weighted by Crippen LogP contribution is -2.23. The van der Waals surface area contributed by atoms with E-state index in [0.717, 1.165) is 6.42 Å². The number of methoxy groups -OCH3 is 1. The van der Waals surface area contributed by atoms with Crippen molar-refractivity contribution >= 4 is 11.8 Å². The second-order valence-electron chi connectivity index (χ2n) is 4.31. The van der Waals surface area contributed by atoms with E-state index in [9.17, 15) is 9.59 Å². The fourth-order valence-corrected chi connectivity index (χ4v) is 2.12. The van der Waals surface area contributed by atoms with E-state index in [1.54, 1.807) is 0 Å². The van der Waals surface area contributed by atoms with Crippen molar-refractivity contribution in [3.63, 3.8) is 0 Å². The molecule has 2 unspecified atom stereocenters. The van der Waals surface area contributed by atoms with Crippen molar-refractivity contribution in [2.24, 2.45) is 11.8 Å². The van der Waals surface area contributed by atoms with E-state index >= 15 is 0 Å². The fraction of sp³-hybridized carbons (Fsp3) is 0.643. The molecule has 96 valence electrons. The number of nitrogens with zero attached hydrogens (tertiary/aromatic N) is 1. The summed E-state index contributed by atoms with van der Waals surface area (Å²) in [6.07, 6.45) is 3.36. The van der Waals surface area contributed by atoms with Gasteiger partial charge in [-0.3, -0.25) is 9.59 Å². The molecule has 0 N–H and O–H groups in total. The molecule has 1 aliphatic rings. The molecule has 4 heteroatoms. The highest BCUT2D eigenvalue weighted by Gasteiger charge is 2.39. The lowest BCUT2D eigenvalue weighted by molar-refractivity contribution is -0.147. The minimum absolute atomic E-state index is 0.108. The summed E-state index contributed by atoms with van der Waals surface area (Å²) in [5, 5.41) is 8.36. The van der Waals surface area contributed by atoms with Crippen molar-refractivity contribution in [1.82, 2.24) is 0 Å². The standard InChI is InChI=1S/C14H17NO3/c1-18-14(17)12-8-9-13(16)11(12)7-5-3-2-4-6-10-15/h11-12H,2,4,6-9H2,1H3. The molecule has 0 aromatic heterocycles. The molecule has 1 fully saturated rings. The second-order valence-corrected chi connectivity index (χ2v) is 4.31. The topological polar surface area (TPSA) is 67.2 Å². The van der Waals surface area contributed by atoms with E-state index in [0.29, 0.717) is 32.1 Å². The Morgan fingerprint density at radius 1 is 1.44 bits per heavy atom. The number of ketones is 1. The second kappa shape index (κ2) is 7.50. The van der Waals surface area contributed by atoms with Crippen LogP contribution in [0, 0.1) is 35.0 Å². The number of rotatable bonds is 4. The summed E-state index contributed by atoms with van der Waals surface area (Å²) >= 11 is 0. The summed E-state index contributed by atoms with van der Waals surface area (Å²) in [5.74, 6) is 5.05. The minimum atomic E-state index is -0.323. The van der Waals surface area contributed by atoms with Gasteiger partial charge in [0, 0.05) is 31.6 Å². The predicted molar refractivity (Wildman–Crippen MR) is 65.1 cm³/mol. The number of hydrogen-bond acceptors (Lipinski definition) is 4. The molecule has 0 radical (unpaired) electrons. The van der Waals surface area contributed by atoms with Gasteiger partial charge in [0.2, 0.25) is 0 Å². The molecule has 0 aromatic rings. The van der Waals surface area contributed by atoms with Crippen LogP contribution in [0.15, 0.2) is 0 Å². The largest absolute Gasteiger partial charge is 0.469 e. The van der Waals surface area contributed by atoms with Crippen molar-refractivity contribution in [3.05, 3.63) is 0 Å². The molecular formula is C14H17NO3. The summed E-state index contributed by atoms with van der Waals surface area (Å²) in [7, 11) is 1.34. The number of carbonyl (C=O) groups excluding carboxylic acids is 2. The van der Waals surface area contributed by atoms with Crippen LogP contribution in [0.1, 0.15) is 38.5 Å². The summed E-state index contributed by atoms with van der Waals surface area (Å²) in [5.41, 5.74) is 0. The van der Waals surface area contributed by atoms with Gasteiger partial charge >= 0.3 is 5.97 Å².